The molecule has 0 bridgehead atoms. The summed E-state index contributed by atoms with van der Waals surface area (Å²) in [6.07, 6.45) is 15.7. The molecule has 1 aromatic carbocycles. The van der Waals surface area contributed by atoms with Crippen LogP contribution in [0.4, 0.5) is 5.95 Å². The van der Waals surface area contributed by atoms with E-state index < -0.39 is 0 Å². The second kappa shape index (κ2) is 11.2. The molecule has 43 heavy (non-hydrogen) atoms. The molecule has 2 fully saturated rings. The minimum Gasteiger partial charge on any atom is -0.351 e. The van der Waals surface area contributed by atoms with Crippen molar-refractivity contribution in [2.24, 2.45) is 0 Å². The monoisotopic (exact) mass is 578 g/mol. The maximum Gasteiger partial charge on any atom is 0.244 e. The summed E-state index contributed by atoms with van der Waals surface area (Å²) in [4.78, 5) is 24.6. The van der Waals surface area contributed by atoms with Gasteiger partial charge in [-0.1, -0.05) is 29.5 Å². The number of carbonyl (C=O) groups excluding carboxylic acids is 1. The van der Waals surface area contributed by atoms with Crippen molar-refractivity contribution >= 4 is 11.9 Å². The largest absolute Gasteiger partial charge is 0.351 e. The van der Waals surface area contributed by atoms with Gasteiger partial charge in [0.1, 0.15) is 12.2 Å². The summed E-state index contributed by atoms with van der Waals surface area (Å²) < 4.78 is 1.82. The molecule has 2 saturated carbocycles. The molecular weight excluding hydrogens is 540 g/mol. The Morgan fingerprint density at radius 3 is 2.40 bits per heavy atom. The van der Waals surface area contributed by atoms with Gasteiger partial charge in [0.25, 0.3) is 0 Å². The highest BCUT2D eigenvalue weighted by Gasteiger charge is 2.31. The molecule has 0 saturated heterocycles. The van der Waals surface area contributed by atoms with Crippen molar-refractivity contribution in [1.82, 2.24) is 45.4 Å². The number of hydrogen-bond donors (Lipinski definition) is 3. The van der Waals surface area contributed by atoms with E-state index in [1.165, 1.54) is 24.0 Å². The van der Waals surface area contributed by atoms with E-state index in [1.54, 1.807) is 0 Å². The summed E-state index contributed by atoms with van der Waals surface area (Å²) in [6, 6.07) is 10.3. The quantitative estimate of drug-likeness (QED) is 0.290. The van der Waals surface area contributed by atoms with E-state index in [1.807, 2.05) is 28.2 Å². The van der Waals surface area contributed by atoms with Crippen LogP contribution in [0.3, 0.4) is 0 Å². The molecule has 3 N–H and O–H groups in total. The lowest BCUT2D eigenvalue weighted by Crippen LogP contribution is -2.38. The number of anilines is 1. The van der Waals surface area contributed by atoms with Gasteiger partial charge in [-0.15, -0.1) is 5.10 Å². The summed E-state index contributed by atoms with van der Waals surface area (Å²) in [7, 11) is 0. The Bertz CT molecular complexity index is 1570. The fraction of sp³-hybridized carbons (Fsp3) is 0.500. The second-order valence-electron chi connectivity index (χ2n) is 12.7. The number of aromatic nitrogens is 7. The number of amides is 1. The van der Waals surface area contributed by atoms with E-state index in [-0.39, 0.29) is 12.5 Å². The molecule has 0 spiro atoms. The Labute approximate surface area is 250 Å². The third-order valence-electron chi connectivity index (χ3n) is 9.63. The predicted octanol–water partition coefficient (Wildman–Crippen LogP) is 3.40. The molecule has 4 aromatic rings. The number of H-pyrrole nitrogens is 1. The Balaban J connectivity index is 0.997. The van der Waals surface area contributed by atoms with Gasteiger partial charge in [-0.3, -0.25) is 14.6 Å². The molecule has 0 unspecified atom stereocenters. The molecular formula is C32H38N10O. The molecule has 1 aliphatic heterocycles. The van der Waals surface area contributed by atoms with E-state index in [4.69, 9.17) is 15.1 Å². The van der Waals surface area contributed by atoms with E-state index in [9.17, 15) is 4.79 Å². The third-order valence-corrected chi connectivity index (χ3v) is 9.63. The third kappa shape index (κ3) is 5.65. The topological polar surface area (TPSA) is 130 Å². The minimum atomic E-state index is 0.0416. The van der Waals surface area contributed by atoms with E-state index in [0.717, 1.165) is 79.2 Å². The number of nitrogens with zero attached hydrogens (tertiary/aromatic N) is 7. The molecule has 11 heteroatoms. The average Bonchev–Trinajstić information content (AvgIpc) is 3.39. The summed E-state index contributed by atoms with van der Waals surface area (Å²) in [5.41, 5.74) is 7.71. The van der Waals surface area contributed by atoms with Crippen LogP contribution in [0, 0.1) is 0 Å². The van der Waals surface area contributed by atoms with Crippen molar-refractivity contribution in [2.75, 3.05) is 11.9 Å². The normalized spacial score (nSPS) is 21.9. The van der Waals surface area contributed by atoms with Crippen LogP contribution in [0.15, 0.2) is 42.9 Å². The van der Waals surface area contributed by atoms with Crippen LogP contribution < -0.4 is 10.6 Å². The van der Waals surface area contributed by atoms with Gasteiger partial charge in [0.05, 0.1) is 17.9 Å². The molecule has 3 aliphatic carbocycles. The van der Waals surface area contributed by atoms with Crippen LogP contribution in [0.1, 0.15) is 72.7 Å². The smallest absolute Gasteiger partial charge is 0.244 e. The molecule has 1 amide bonds. The van der Waals surface area contributed by atoms with Crippen molar-refractivity contribution in [3.63, 3.8) is 0 Å². The standard InChI is InChI=1S/C32H38N10O/c43-30(41-12-11-28-29(18-41)38-40-37-28)19-42-17-27(31(39-42)20-5-7-24(8-6-20)35-25-9-10-25)23-15-33-32(34-16-23)36-26-13-21-3-1-2-4-22(21)14-26/h1-4,15-17,20,24-26,35H,5-14,18-19H2,(H,33,34,36)(H,37,38,40). The van der Waals surface area contributed by atoms with Crippen molar-refractivity contribution in [2.45, 2.75) is 94.9 Å². The van der Waals surface area contributed by atoms with Crippen molar-refractivity contribution in [1.29, 1.82) is 0 Å². The SMILES string of the molecule is O=C(Cn1cc(-c2cnc(NC3Cc4ccccc4C3)nc2)c(C2CCC(NC3CC3)CC2)n1)N1CCc2[nH]nnc2C1. The number of rotatable bonds is 8. The average molecular weight is 579 g/mol. The molecule has 222 valence electrons. The number of hydrogen-bond acceptors (Lipinski definition) is 8. The molecule has 11 nitrogen and oxygen atoms in total. The van der Waals surface area contributed by atoms with Gasteiger partial charge in [0.15, 0.2) is 0 Å². The first kappa shape index (κ1) is 26.5. The number of carbonyl (C=O) groups is 1. The Morgan fingerprint density at radius 2 is 1.67 bits per heavy atom. The van der Waals surface area contributed by atoms with Gasteiger partial charge in [0, 0.05) is 66.7 Å². The maximum absolute atomic E-state index is 13.3. The highest BCUT2D eigenvalue weighted by Crippen LogP contribution is 2.38. The predicted molar refractivity (Wildman–Crippen MR) is 161 cm³/mol. The summed E-state index contributed by atoms with van der Waals surface area (Å²) >= 11 is 0. The molecule has 0 atom stereocenters. The summed E-state index contributed by atoms with van der Waals surface area (Å²) in [6.45, 7) is 1.34. The zero-order valence-electron chi connectivity index (χ0n) is 24.4. The van der Waals surface area contributed by atoms with E-state index >= 15 is 0 Å². The second-order valence-corrected chi connectivity index (χ2v) is 12.7. The van der Waals surface area contributed by atoms with Gasteiger partial charge in [-0.2, -0.15) is 5.10 Å². The van der Waals surface area contributed by atoms with Crippen molar-refractivity contribution < 1.29 is 4.79 Å². The summed E-state index contributed by atoms with van der Waals surface area (Å²) in [5.74, 6) is 1.04. The Kier molecular flexibility index (Phi) is 6.89. The molecule has 4 heterocycles. The highest BCUT2D eigenvalue weighted by molar-refractivity contribution is 5.76. The van der Waals surface area contributed by atoms with Crippen molar-refractivity contribution in [3.8, 4) is 11.1 Å². The zero-order valence-corrected chi connectivity index (χ0v) is 24.4. The van der Waals surface area contributed by atoms with Crippen LogP contribution in [0.25, 0.3) is 11.1 Å². The molecule has 4 aliphatic rings. The van der Waals surface area contributed by atoms with Crippen LogP contribution in [0.5, 0.6) is 0 Å². The van der Waals surface area contributed by atoms with Gasteiger partial charge in [-0.25, -0.2) is 9.97 Å². The van der Waals surface area contributed by atoms with Crippen LogP contribution >= 0.6 is 0 Å². The van der Waals surface area contributed by atoms with Crippen LogP contribution in [-0.4, -0.2) is 70.6 Å². The van der Waals surface area contributed by atoms with E-state index in [2.05, 4.69) is 50.3 Å². The number of fused-ring (bicyclic) bond motifs is 2. The lowest BCUT2D eigenvalue weighted by atomic mass is 9.82. The van der Waals surface area contributed by atoms with Crippen LogP contribution in [-0.2, 0) is 37.1 Å². The summed E-state index contributed by atoms with van der Waals surface area (Å²) in [5, 5.41) is 23.4. The van der Waals surface area contributed by atoms with E-state index in [0.29, 0.717) is 37.0 Å². The Morgan fingerprint density at radius 1 is 0.953 bits per heavy atom. The first-order valence-electron chi connectivity index (χ1n) is 15.8. The fourth-order valence-electron chi connectivity index (χ4n) is 7.10. The number of aromatic amines is 1. The van der Waals surface area contributed by atoms with Gasteiger partial charge >= 0.3 is 0 Å². The minimum absolute atomic E-state index is 0.0416. The van der Waals surface area contributed by atoms with Gasteiger partial charge in [-0.05, 0) is 62.5 Å². The first-order valence-corrected chi connectivity index (χ1v) is 15.8. The number of benzene rings is 1. The number of nitrogens with one attached hydrogen (secondary N) is 3. The fourth-order valence-corrected chi connectivity index (χ4v) is 7.10. The van der Waals surface area contributed by atoms with Crippen molar-refractivity contribution in [3.05, 3.63) is 71.1 Å². The Hall–Kier alpha value is -4.12. The molecule has 8 rings (SSSR count). The molecule has 3 aromatic heterocycles. The lowest BCUT2D eigenvalue weighted by Gasteiger charge is -2.29. The lowest BCUT2D eigenvalue weighted by molar-refractivity contribution is -0.133. The highest BCUT2D eigenvalue weighted by atomic mass is 16.2. The van der Waals surface area contributed by atoms with Gasteiger partial charge in [0.2, 0.25) is 11.9 Å². The first-order chi connectivity index (χ1) is 21.1. The zero-order chi connectivity index (χ0) is 28.8. The maximum atomic E-state index is 13.3. The van der Waals surface area contributed by atoms with Gasteiger partial charge < -0.3 is 15.5 Å². The van der Waals surface area contributed by atoms with Crippen LogP contribution in [0.2, 0.25) is 0 Å². The molecule has 0 radical (unpaired) electrons.